The Morgan fingerprint density at radius 3 is 2.58 bits per heavy atom. The van der Waals surface area contributed by atoms with Gasteiger partial charge in [0, 0.05) is 12.8 Å². The van der Waals surface area contributed by atoms with E-state index in [9.17, 15) is 18.8 Å². The minimum atomic E-state index is -0.548. The Hall–Kier alpha value is -3.27. The van der Waals surface area contributed by atoms with E-state index in [2.05, 4.69) is 31.8 Å². The second kappa shape index (κ2) is 12.4. The Bertz CT molecular complexity index is 968. The number of esters is 1. The average Bonchev–Trinajstić information content (AvgIpc) is 2.73. The second-order valence-corrected chi connectivity index (χ2v) is 6.96. The third-order valence-electron chi connectivity index (χ3n) is 3.74. The zero-order valence-corrected chi connectivity index (χ0v) is 18.3. The fourth-order valence-corrected chi connectivity index (χ4v) is 2.80. The summed E-state index contributed by atoms with van der Waals surface area (Å²) < 4.78 is 24.2. The highest BCUT2D eigenvalue weighted by Gasteiger charge is 2.09. The number of benzene rings is 2. The molecule has 0 unspecified atom stereocenters. The summed E-state index contributed by atoms with van der Waals surface area (Å²) in [6, 6.07) is 10.8. The van der Waals surface area contributed by atoms with Crippen molar-refractivity contribution in [2.75, 3.05) is 18.5 Å². The molecule has 0 aliphatic rings. The first kappa shape index (κ1) is 24.0. The first-order chi connectivity index (χ1) is 14.9. The highest BCUT2D eigenvalue weighted by atomic mass is 79.9. The van der Waals surface area contributed by atoms with Crippen molar-refractivity contribution in [1.29, 1.82) is 0 Å². The fraction of sp³-hybridized carbons (Fsp3) is 0.238. The van der Waals surface area contributed by atoms with Crippen molar-refractivity contribution in [3.63, 3.8) is 0 Å². The van der Waals surface area contributed by atoms with E-state index < -0.39 is 23.6 Å². The van der Waals surface area contributed by atoms with Crippen molar-refractivity contribution in [2.24, 2.45) is 5.10 Å². The van der Waals surface area contributed by atoms with Crippen LogP contribution in [0.2, 0.25) is 0 Å². The molecule has 164 valence electrons. The van der Waals surface area contributed by atoms with Crippen molar-refractivity contribution in [2.45, 2.75) is 19.8 Å². The van der Waals surface area contributed by atoms with Crippen molar-refractivity contribution in [3.8, 4) is 5.75 Å². The molecule has 0 atom stereocenters. The molecule has 2 aromatic rings. The lowest BCUT2D eigenvalue weighted by Gasteiger charge is -2.08. The second-order valence-electron chi connectivity index (χ2n) is 6.10. The van der Waals surface area contributed by atoms with Crippen molar-refractivity contribution in [3.05, 3.63) is 58.3 Å². The summed E-state index contributed by atoms with van der Waals surface area (Å²) in [5.74, 6) is -1.51. The van der Waals surface area contributed by atoms with E-state index in [0.717, 1.165) is 0 Å². The molecule has 0 aliphatic heterocycles. The first-order valence-corrected chi connectivity index (χ1v) is 10.1. The molecule has 0 aliphatic carbocycles. The number of rotatable bonds is 10. The fourth-order valence-electron chi connectivity index (χ4n) is 2.29. The summed E-state index contributed by atoms with van der Waals surface area (Å²) in [6.45, 7) is 1.78. The number of para-hydroxylation sites is 1. The largest absolute Gasteiger partial charge is 0.481 e. The molecule has 0 bridgehead atoms. The van der Waals surface area contributed by atoms with Crippen LogP contribution in [0.15, 0.2) is 52.0 Å². The topological polar surface area (TPSA) is 106 Å². The normalized spacial score (nSPS) is 10.5. The highest BCUT2D eigenvalue weighted by Crippen LogP contribution is 2.25. The smallest absolute Gasteiger partial charge is 0.344 e. The van der Waals surface area contributed by atoms with E-state index >= 15 is 0 Å². The first-order valence-electron chi connectivity index (χ1n) is 9.33. The molecule has 2 rings (SSSR count). The van der Waals surface area contributed by atoms with Gasteiger partial charge in [-0.2, -0.15) is 5.10 Å². The molecular weight excluding hydrogens is 473 g/mol. The maximum Gasteiger partial charge on any atom is 0.344 e. The van der Waals surface area contributed by atoms with Gasteiger partial charge in [-0.1, -0.05) is 12.1 Å². The van der Waals surface area contributed by atoms with E-state index in [1.54, 1.807) is 31.2 Å². The Morgan fingerprint density at radius 2 is 1.87 bits per heavy atom. The number of hydrogen-bond donors (Lipinski definition) is 2. The molecule has 0 spiro atoms. The predicted octanol–water partition coefficient (Wildman–Crippen LogP) is 3.40. The van der Waals surface area contributed by atoms with Crippen LogP contribution >= 0.6 is 15.9 Å². The van der Waals surface area contributed by atoms with Gasteiger partial charge in [0.05, 0.1) is 23.0 Å². The number of anilines is 1. The van der Waals surface area contributed by atoms with Crippen LogP contribution in [0.25, 0.3) is 0 Å². The molecule has 0 saturated carbocycles. The monoisotopic (exact) mass is 493 g/mol. The Morgan fingerprint density at radius 1 is 1.13 bits per heavy atom. The van der Waals surface area contributed by atoms with Gasteiger partial charge in [0.1, 0.15) is 11.6 Å². The lowest BCUT2D eigenvalue weighted by atomic mass is 10.2. The Labute approximate surface area is 186 Å². The lowest BCUT2D eigenvalue weighted by Crippen LogP contribution is -2.21. The zero-order valence-electron chi connectivity index (χ0n) is 16.7. The van der Waals surface area contributed by atoms with Gasteiger partial charge >= 0.3 is 5.97 Å². The van der Waals surface area contributed by atoms with Crippen LogP contribution in [0, 0.1) is 5.82 Å². The number of ether oxygens (including phenoxy) is 2. The van der Waals surface area contributed by atoms with Crippen LogP contribution in [-0.2, 0) is 19.1 Å². The van der Waals surface area contributed by atoms with E-state index in [-0.39, 0.29) is 31.7 Å². The number of carbonyl (C=O) groups is 3. The van der Waals surface area contributed by atoms with E-state index in [1.165, 1.54) is 24.4 Å². The quantitative estimate of drug-likeness (QED) is 0.299. The summed E-state index contributed by atoms with van der Waals surface area (Å²) >= 11 is 3.33. The van der Waals surface area contributed by atoms with Crippen LogP contribution < -0.4 is 15.5 Å². The molecule has 0 heterocycles. The van der Waals surface area contributed by atoms with Gasteiger partial charge in [-0.3, -0.25) is 9.59 Å². The van der Waals surface area contributed by atoms with Crippen LogP contribution in [-0.4, -0.2) is 37.2 Å². The van der Waals surface area contributed by atoms with E-state index in [0.29, 0.717) is 15.8 Å². The predicted molar refractivity (Wildman–Crippen MR) is 116 cm³/mol. The van der Waals surface area contributed by atoms with Crippen LogP contribution in [0.5, 0.6) is 5.75 Å². The minimum Gasteiger partial charge on any atom is -0.481 e. The van der Waals surface area contributed by atoms with E-state index in [1.807, 2.05) is 0 Å². The molecule has 2 aromatic carbocycles. The lowest BCUT2D eigenvalue weighted by molar-refractivity contribution is -0.145. The van der Waals surface area contributed by atoms with Gasteiger partial charge in [0.15, 0.2) is 6.61 Å². The van der Waals surface area contributed by atoms with Gasteiger partial charge in [-0.15, -0.1) is 0 Å². The average molecular weight is 494 g/mol. The zero-order chi connectivity index (χ0) is 22.6. The molecular formula is C21H21BrFN3O5. The molecule has 10 heteroatoms. The third-order valence-corrected chi connectivity index (χ3v) is 4.36. The van der Waals surface area contributed by atoms with Gasteiger partial charge in [0.25, 0.3) is 0 Å². The van der Waals surface area contributed by atoms with Gasteiger partial charge in [-0.25, -0.2) is 14.6 Å². The van der Waals surface area contributed by atoms with Crippen LogP contribution in [0.1, 0.15) is 25.3 Å². The number of hydrogen-bond acceptors (Lipinski definition) is 6. The molecule has 8 nitrogen and oxygen atoms in total. The molecule has 0 fully saturated rings. The number of nitrogens with zero attached hydrogens (tertiary/aromatic N) is 1. The molecule has 0 radical (unpaired) electrons. The molecule has 2 N–H and O–H groups in total. The summed E-state index contributed by atoms with van der Waals surface area (Å²) in [5, 5.41) is 6.24. The van der Waals surface area contributed by atoms with E-state index in [4.69, 9.17) is 9.47 Å². The van der Waals surface area contributed by atoms with Gasteiger partial charge < -0.3 is 14.8 Å². The highest BCUT2D eigenvalue weighted by molar-refractivity contribution is 9.10. The summed E-state index contributed by atoms with van der Waals surface area (Å²) in [5.41, 5.74) is 3.04. The molecule has 0 aromatic heterocycles. The Balaban J connectivity index is 1.76. The molecule has 31 heavy (non-hydrogen) atoms. The number of amides is 2. The minimum absolute atomic E-state index is 0.0613. The summed E-state index contributed by atoms with van der Waals surface area (Å²) in [7, 11) is 0. The van der Waals surface area contributed by atoms with Crippen molar-refractivity contribution in [1.82, 2.24) is 5.43 Å². The van der Waals surface area contributed by atoms with Crippen molar-refractivity contribution < 1.29 is 28.2 Å². The third kappa shape index (κ3) is 8.55. The maximum atomic E-state index is 13.5. The SMILES string of the molecule is CCOC(=O)COc1ccc(C=NNC(=O)CCC(=O)Nc2ccccc2F)cc1Br. The van der Waals surface area contributed by atoms with Gasteiger partial charge in [-0.05, 0) is 58.7 Å². The molecule has 2 amide bonds. The van der Waals surface area contributed by atoms with Crippen LogP contribution in [0.3, 0.4) is 0 Å². The maximum absolute atomic E-state index is 13.5. The number of halogens is 2. The summed E-state index contributed by atoms with van der Waals surface area (Å²) in [6.07, 6.45) is 1.19. The number of nitrogens with one attached hydrogen (secondary N) is 2. The number of carbonyl (C=O) groups excluding carboxylic acids is 3. The number of hydrazone groups is 1. The Kier molecular flexibility index (Phi) is 9.63. The molecule has 0 saturated heterocycles. The van der Waals surface area contributed by atoms with Gasteiger partial charge in [0.2, 0.25) is 11.8 Å². The summed E-state index contributed by atoms with van der Waals surface area (Å²) in [4.78, 5) is 35.0. The standard InChI is InChI=1S/C21H21BrFN3O5/c1-2-30-21(29)13-31-18-8-7-14(11-15(18)22)12-24-26-20(28)10-9-19(27)25-17-6-4-3-5-16(17)23/h3-8,11-12H,2,9-10,13H2,1H3,(H,25,27)(H,26,28). The van der Waals surface area contributed by atoms with Crippen molar-refractivity contribution >= 4 is 45.6 Å². The van der Waals surface area contributed by atoms with Crippen LogP contribution in [0.4, 0.5) is 10.1 Å².